The Balaban J connectivity index is 1.82. The Morgan fingerprint density at radius 2 is 1.95 bits per heavy atom. The molecule has 1 aromatic rings. The molecule has 0 radical (unpaired) electrons. The summed E-state index contributed by atoms with van der Waals surface area (Å²) < 4.78 is 2.07. The van der Waals surface area contributed by atoms with Crippen LogP contribution in [0.3, 0.4) is 0 Å². The van der Waals surface area contributed by atoms with Gasteiger partial charge in [0, 0.05) is 12.1 Å². The van der Waals surface area contributed by atoms with Crippen molar-refractivity contribution in [3.8, 4) is 0 Å². The average molecular weight is 367 g/mol. The number of hydrogen-bond acceptors (Lipinski definition) is 1. The third kappa shape index (κ3) is 2.49. The van der Waals surface area contributed by atoms with Crippen LogP contribution < -0.4 is 0 Å². The summed E-state index contributed by atoms with van der Waals surface area (Å²) in [7, 11) is 2.32. The van der Waals surface area contributed by atoms with E-state index in [1.807, 2.05) is 0 Å². The SMILES string of the molecule is CC1C(c2ccc(/C=C/I)cc2)CC2CCC1N2C. The number of nitrogens with zero attached hydrogens (tertiary/aromatic N) is 1. The Bertz CT molecular complexity index is 465. The quantitative estimate of drug-likeness (QED) is 0.687. The number of rotatable bonds is 2. The number of benzene rings is 1. The summed E-state index contributed by atoms with van der Waals surface area (Å²) in [5.74, 6) is 1.54. The Kier molecular flexibility index (Phi) is 3.99. The molecule has 2 aliphatic rings. The molecule has 2 heterocycles. The van der Waals surface area contributed by atoms with E-state index >= 15 is 0 Å². The van der Waals surface area contributed by atoms with E-state index < -0.39 is 0 Å². The zero-order chi connectivity index (χ0) is 13.4. The first-order valence-corrected chi connectivity index (χ1v) is 8.54. The second kappa shape index (κ2) is 5.57. The molecule has 0 aromatic heterocycles. The molecule has 2 heteroatoms. The minimum Gasteiger partial charge on any atom is -0.300 e. The summed E-state index contributed by atoms with van der Waals surface area (Å²) in [6.45, 7) is 2.45. The predicted octanol–water partition coefficient (Wildman–Crippen LogP) is 4.68. The number of fused-ring (bicyclic) bond motifs is 2. The van der Waals surface area contributed by atoms with Crippen molar-refractivity contribution in [2.24, 2.45) is 5.92 Å². The van der Waals surface area contributed by atoms with E-state index in [-0.39, 0.29) is 0 Å². The van der Waals surface area contributed by atoms with Crippen molar-refractivity contribution in [3.05, 3.63) is 39.5 Å². The highest BCUT2D eigenvalue weighted by molar-refractivity contribution is 14.1. The number of halogens is 1. The van der Waals surface area contributed by atoms with Crippen molar-refractivity contribution >= 4 is 28.7 Å². The molecule has 1 aromatic carbocycles. The minimum atomic E-state index is 0.756. The molecule has 0 aliphatic carbocycles. The van der Waals surface area contributed by atoms with Gasteiger partial charge < -0.3 is 4.90 Å². The zero-order valence-corrected chi connectivity index (χ0v) is 13.9. The maximum atomic E-state index is 2.63. The largest absolute Gasteiger partial charge is 0.300 e. The molecule has 2 bridgehead atoms. The van der Waals surface area contributed by atoms with E-state index in [2.05, 4.69) is 75.9 Å². The summed E-state index contributed by atoms with van der Waals surface area (Å²) in [6.07, 6.45) is 6.30. The normalized spacial score (nSPS) is 35.1. The van der Waals surface area contributed by atoms with E-state index in [4.69, 9.17) is 0 Å². The molecule has 4 unspecified atom stereocenters. The van der Waals surface area contributed by atoms with Crippen molar-refractivity contribution in [1.29, 1.82) is 0 Å². The molecular formula is C17H22IN. The summed E-state index contributed by atoms with van der Waals surface area (Å²) in [4.78, 5) is 2.63. The lowest BCUT2D eigenvalue weighted by molar-refractivity contribution is 0.110. The van der Waals surface area contributed by atoms with Crippen molar-refractivity contribution in [2.75, 3.05) is 7.05 Å². The van der Waals surface area contributed by atoms with Crippen LogP contribution in [-0.2, 0) is 0 Å². The molecule has 19 heavy (non-hydrogen) atoms. The van der Waals surface area contributed by atoms with Gasteiger partial charge in [0.25, 0.3) is 0 Å². The summed E-state index contributed by atoms with van der Waals surface area (Å²) in [6, 6.07) is 10.8. The molecular weight excluding hydrogens is 345 g/mol. The second-order valence-electron chi connectivity index (χ2n) is 6.12. The van der Waals surface area contributed by atoms with Gasteiger partial charge in [0.2, 0.25) is 0 Å². The maximum Gasteiger partial charge on any atom is 0.0127 e. The minimum absolute atomic E-state index is 0.756. The molecule has 0 spiro atoms. The lowest BCUT2D eigenvalue weighted by atomic mass is 9.77. The lowest BCUT2D eigenvalue weighted by Crippen LogP contribution is -2.44. The Labute approximate surface area is 130 Å². The van der Waals surface area contributed by atoms with Gasteiger partial charge in [0.05, 0.1) is 0 Å². The summed E-state index contributed by atoms with van der Waals surface area (Å²) >= 11 is 2.28. The number of piperidine rings is 1. The first-order valence-electron chi connectivity index (χ1n) is 7.29. The Morgan fingerprint density at radius 1 is 1.21 bits per heavy atom. The van der Waals surface area contributed by atoms with Crippen LogP contribution in [0.1, 0.15) is 43.2 Å². The van der Waals surface area contributed by atoms with Gasteiger partial charge in [0.15, 0.2) is 0 Å². The average Bonchev–Trinajstić information content (AvgIpc) is 2.67. The molecule has 2 aliphatic heterocycles. The first-order chi connectivity index (χ1) is 9.20. The predicted molar refractivity (Wildman–Crippen MR) is 90.6 cm³/mol. The summed E-state index contributed by atoms with van der Waals surface area (Å²) in [5, 5.41) is 0. The van der Waals surface area contributed by atoms with Crippen LogP contribution in [0, 0.1) is 5.92 Å². The van der Waals surface area contributed by atoms with Gasteiger partial charge >= 0.3 is 0 Å². The van der Waals surface area contributed by atoms with E-state index in [9.17, 15) is 0 Å². The molecule has 2 fully saturated rings. The molecule has 3 rings (SSSR count). The molecule has 2 saturated heterocycles. The van der Waals surface area contributed by atoms with E-state index in [0.29, 0.717) is 0 Å². The van der Waals surface area contributed by atoms with Gasteiger partial charge in [-0.15, -0.1) is 0 Å². The van der Waals surface area contributed by atoms with Crippen molar-refractivity contribution in [3.63, 3.8) is 0 Å². The first kappa shape index (κ1) is 13.6. The second-order valence-corrected chi connectivity index (χ2v) is 6.84. The van der Waals surface area contributed by atoms with Crippen LogP contribution in [-0.4, -0.2) is 24.0 Å². The highest BCUT2D eigenvalue weighted by atomic mass is 127. The third-order valence-corrected chi connectivity index (χ3v) is 5.64. The third-order valence-electron chi connectivity index (χ3n) is 5.28. The van der Waals surface area contributed by atoms with Gasteiger partial charge in [-0.25, -0.2) is 0 Å². The highest BCUT2D eigenvalue weighted by Crippen LogP contribution is 2.45. The Morgan fingerprint density at radius 3 is 2.63 bits per heavy atom. The standard InChI is InChI=1S/C17H22IN/c1-12-16(11-15-7-8-17(12)19(15)2)14-5-3-13(4-6-14)9-10-18/h3-6,9-10,12,15-17H,7-8,11H2,1-2H3/b10-9+. The molecule has 4 atom stereocenters. The van der Waals surface area contributed by atoms with Crippen LogP contribution in [0.25, 0.3) is 6.08 Å². The van der Waals surface area contributed by atoms with Crippen LogP contribution >= 0.6 is 22.6 Å². The Hall–Kier alpha value is -0.350. The van der Waals surface area contributed by atoms with Gasteiger partial charge in [-0.2, -0.15) is 0 Å². The lowest BCUT2D eigenvalue weighted by Gasteiger charge is -2.41. The van der Waals surface area contributed by atoms with Crippen LogP contribution in [0.5, 0.6) is 0 Å². The van der Waals surface area contributed by atoms with Crippen molar-refractivity contribution in [1.82, 2.24) is 4.90 Å². The maximum absolute atomic E-state index is 2.63. The highest BCUT2D eigenvalue weighted by Gasteiger charge is 2.43. The molecule has 0 N–H and O–H groups in total. The topological polar surface area (TPSA) is 3.24 Å². The fourth-order valence-electron chi connectivity index (χ4n) is 4.10. The van der Waals surface area contributed by atoms with Gasteiger partial charge in [-0.05, 0) is 59.4 Å². The molecule has 102 valence electrons. The number of hydrogen-bond donors (Lipinski definition) is 0. The fourth-order valence-corrected chi connectivity index (χ4v) is 4.52. The van der Waals surface area contributed by atoms with Crippen molar-refractivity contribution in [2.45, 2.75) is 44.2 Å². The smallest absolute Gasteiger partial charge is 0.0127 e. The molecule has 0 amide bonds. The molecule has 0 saturated carbocycles. The van der Waals surface area contributed by atoms with Gasteiger partial charge in [-0.3, -0.25) is 0 Å². The van der Waals surface area contributed by atoms with Crippen LogP contribution in [0.2, 0.25) is 0 Å². The molecule has 1 nitrogen and oxygen atoms in total. The van der Waals surface area contributed by atoms with Gasteiger partial charge in [0.1, 0.15) is 0 Å². The zero-order valence-electron chi connectivity index (χ0n) is 11.7. The fraction of sp³-hybridized carbons (Fsp3) is 0.529. The van der Waals surface area contributed by atoms with Crippen molar-refractivity contribution < 1.29 is 0 Å². The monoisotopic (exact) mass is 367 g/mol. The van der Waals surface area contributed by atoms with Crippen LogP contribution in [0.15, 0.2) is 28.3 Å². The van der Waals surface area contributed by atoms with E-state index in [0.717, 1.165) is 23.9 Å². The van der Waals surface area contributed by atoms with E-state index in [1.54, 1.807) is 5.56 Å². The van der Waals surface area contributed by atoms with E-state index in [1.165, 1.54) is 24.8 Å². The van der Waals surface area contributed by atoms with Gasteiger partial charge in [-0.1, -0.05) is 53.8 Å². The van der Waals surface area contributed by atoms with Crippen LogP contribution in [0.4, 0.5) is 0 Å². The summed E-state index contributed by atoms with van der Waals surface area (Å²) in [5.41, 5.74) is 2.85.